The molecule has 0 fully saturated rings. The zero-order valence-corrected chi connectivity index (χ0v) is 14.1. The molecule has 0 aliphatic carbocycles. The Balaban J connectivity index is 1.83. The van der Waals surface area contributed by atoms with Crippen LogP contribution in [0.1, 0.15) is 23.6 Å². The number of carboxylic acid groups (broad SMARTS) is 1. The number of aliphatic carboxylic acids is 1. The highest BCUT2D eigenvalue weighted by molar-refractivity contribution is 5.72. The summed E-state index contributed by atoms with van der Waals surface area (Å²) in [6, 6.07) is 16.9. The first-order valence-electron chi connectivity index (χ1n) is 8.17. The van der Waals surface area contributed by atoms with Crippen molar-refractivity contribution in [2.45, 2.75) is 25.9 Å². The first-order chi connectivity index (χ1) is 12.1. The molecule has 2 aromatic rings. The van der Waals surface area contributed by atoms with E-state index in [2.05, 4.69) is 6.07 Å². The summed E-state index contributed by atoms with van der Waals surface area (Å²) in [6.45, 7) is 2.68. The summed E-state index contributed by atoms with van der Waals surface area (Å²) in [5, 5.41) is 17.9. The van der Waals surface area contributed by atoms with Crippen molar-refractivity contribution >= 4 is 5.97 Å². The second-order valence-electron chi connectivity index (χ2n) is 5.54. The molecule has 1 N–H and O–H groups in total. The van der Waals surface area contributed by atoms with Gasteiger partial charge >= 0.3 is 5.97 Å². The van der Waals surface area contributed by atoms with Gasteiger partial charge < -0.3 is 14.6 Å². The highest BCUT2D eigenvalue weighted by Crippen LogP contribution is 2.15. The van der Waals surface area contributed by atoms with Crippen molar-refractivity contribution in [3.63, 3.8) is 0 Å². The van der Waals surface area contributed by atoms with Crippen LogP contribution in [0, 0.1) is 11.3 Å². The zero-order valence-electron chi connectivity index (χ0n) is 14.1. The number of hydrogen-bond acceptors (Lipinski definition) is 4. The van der Waals surface area contributed by atoms with E-state index in [1.165, 1.54) is 0 Å². The van der Waals surface area contributed by atoms with Gasteiger partial charge in [0.2, 0.25) is 0 Å². The number of nitrogens with zero attached hydrogens (tertiary/aromatic N) is 1. The average molecular weight is 339 g/mol. The van der Waals surface area contributed by atoms with Gasteiger partial charge in [-0.05, 0) is 42.3 Å². The van der Waals surface area contributed by atoms with Crippen LogP contribution in [0.4, 0.5) is 0 Å². The van der Waals surface area contributed by atoms with Crippen molar-refractivity contribution in [1.82, 2.24) is 0 Å². The minimum Gasteiger partial charge on any atom is -0.493 e. The van der Waals surface area contributed by atoms with Crippen LogP contribution in [0.3, 0.4) is 0 Å². The third kappa shape index (κ3) is 5.94. The Morgan fingerprint density at radius 1 is 1.12 bits per heavy atom. The van der Waals surface area contributed by atoms with Crippen LogP contribution >= 0.6 is 0 Å². The topological polar surface area (TPSA) is 79.5 Å². The number of nitriles is 1. The monoisotopic (exact) mass is 339 g/mol. The van der Waals surface area contributed by atoms with Gasteiger partial charge in [0.1, 0.15) is 5.75 Å². The number of ether oxygens (including phenoxy) is 2. The Hall–Kier alpha value is -2.84. The standard InChI is InChI=1S/C20H21NO4/c1-2-24-19(20(22)23)13-16-7-9-18(10-8-16)25-12-11-15-3-5-17(14-21)6-4-15/h3-10,19H,2,11-13H2,1H3,(H,22,23). The maximum Gasteiger partial charge on any atom is 0.333 e. The first-order valence-corrected chi connectivity index (χ1v) is 8.17. The molecule has 0 aliphatic heterocycles. The molecular weight excluding hydrogens is 318 g/mol. The lowest BCUT2D eigenvalue weighted by atomic mass is 10.1. The van der Waals surface area contributed by atoms with E-state index < -0.39 is 12.1 Å². The Morgan fingerprint density at radius 2 is 1.76 bits per heavy atom. The summed E-state index contributed by atoms with van der Waals surface area (Å²) in [5.41, 5.74) is 2.64. The molecule has 0 amide bonds. The van der Waals surface area contributed by atoms with Crippen LogP contribution in [0.15, 0.2) is 48.5 Å². The molecule has 0 heterocycles. The van der Waals surface area contributed by atoms with Crippen molar-refractivity contribution < 1.29 is 19.4 Å². The predicted octanol–water partition coefficient (Wildman–Crippen LogP) is 3.21. The van der Waals surface area contributed by atoms with Gasteiger partial charge in [0.25, 0.3) is 0 Å². The van der Waals surface area contributed by atoms with Gasteiger partial charge in [-0.2, -0.15) is 5.26 Å². The van der Waals surface area contributed by atoms with E-state index in [4.69, 9.17) is 19.8 Å². The molecule has 0 aliphatic rings. The highest BCUT2D eigenvalue weighted by Gasteiger charge is 2.17. The molecule has 2 aromatic carbocycles. The molecule has 0 saturated carbocycles. The molecule has 0 bridgehead atoms. The number of benzene rings is 2. The number of carbonyl (C=O) groups is 1. The van der Waals surface area contributed by atoms with E-state index in [1.54, 1.807) is 19.1 Å². The maximum atomic E-state index is 11.1. The minimum atomic E-state index is -0.954. The van der Waals surface area contributed by atoms with E-state index in [0.29, 0.717) is 25.2 Å². The molecule has 5 nitrogen and oxygen atoms in total. The molecule has 2 rings (SSSR count). The molecule has 5 heteroatoms. The summed E-state index contributed by atoms with van der Waals surface area (Å²) in [4.78, 5) is 11.1. The maximum absolute atomic E-state index is 11.1. The van der Waals surface area contributed by atoms with Gasteiger partial charge in [0.05, 0.1) is 18.2 Å². The van der Waals surface area contributed by atoms with E-state index in [0.717, 1.165) is 23.3 Å². The summed E-state index contributed by atoms with van der Waals surface area (Å²) in [7, 11) is 0. The minimum absolute atomic E-state index is 0.328. The lowest BCUT2D eigenvalue weighted by Gasteiger charge is -2.13. The normalized spacial score (nSPS) is 11.5. The van der Waals surface area contributed by atoms with Crippen molar-refractivity contribution in [3.05, 3.63) is 65.2 Å². The summed E-state index contributed by atoms with van der Waals surface area (Å²) in [6.07, 6.45) is 0.251. The zero-order chi connectivity index (χ0) is 18.1. The van der Waals surface area contributed by atoms with Crippen molar-refractivity contribution in [2.75, 3.05) is 13.2 Å². The Labute approximate surface area is 147 Å². The molecule has 0 aromatic heterocycles. The smallest absolute Gasteiger partial charge is 0.333 e. The Bertz CT molecular complexity index is 717. The lowest BCUT2D eigenvalue weighted by molar-refractivity contribution is -0.149. The second kappa shape index (κ2) is 9.45. The number of hydrogen-bond donors (Lipinski definition) is 1. The highest BCUT2D eigenvalue weighted by atomic mass is 16.5. The largest absolute Gasteiger partial charge is 0.493 e. The van der Waals surface area contributed by atoms with Gasteiger partial charge in [-0.3, -0.25) is 0 Å². The molecule has 25 heavy (non-hydrogen) atoms. The third-order valence-corrected chi connectivity index (χ3v) is 3.73. The lowest BCUT2D eigenvalue weighted by Crippen LogP contribution is -2.26. The van der Waals surface area contributed by atoms with Gasteiger partial charge in [-0.1, -0.05) is 24.3 Å². The van der Waals surface area contributed by atoms with Crippen LogP contribution in [0.2, 0.25) is 0 Å². The van der Waals surface area contributed by atoms with Gasteiger partial charge in [-0.25, -0.2) is 4.79 Å². The Kier molecular flexibility index (Phi) is 7.00. The Morgan fingerprint density at radius 3 is 2.32 bits per heavy atom. The summed E-state index contributed by atoms with van der Waals surface area (Å²) >= 11 is 0. The fraction of sp³-hybridized carbons (Fsp3) is 0.300. The summed E-state index contributed by atoms with van der Waals surface area (Å²) in [5.74, 6) is -0.217. The number of carboxylic acids is 1. The van der Waals surface area contributed by atoms with E-state index in [-0.39, 0.29) is 0 Å². The molecule has 0 saturated heterocycles. The van der Waals surface area contributed by atoms with Gasteiger partial charge in [0, 0.05) is 19.4 Å². The van der Waals surface area contributed by atoms with Gasteiger partial charge in [0.15, 0.2) is 6.10 Å². The predicted molar refractivity (Wildman–Crippen MR) is 93.6 cm³/mol. The fourth-order valence-corrected chi connectivity index (χ4v) is 2.39. The second-order valence-corrected chi connectivity index (χ2v) is 5.54. The van der Waals surface area contributed by atoms with E-state index >= 15 is 0 Å². The molecule has 0 radical (unpaired) electrons. The van der Waals surface area contributed by atoms with Crippen LogP contribution < -0.4 is 4.74 Å². The molecular formula is C20H21NO4. The SMILES string of the molecule is CCOC(Cc1ccc(OCCc2ccc(C#N)cc2)cc1)C(=O)O. The molecule has 0 spiro atoms. The first kappa shape index (κ1) is 18.5. The van der Waals surface area contributed by atoms with Crippen molar-refractivity contribution in [2.24, 2.45) is 0 Å². The fourth-order valence-electron chi connectivity index (χ4n) is 2.39. The van der Waals surface area contributed by atoms with Crippen molar-refractivity contribution in [1.29, 1.82) is 5.26 Å². The van der Waals surface area contributed by atoms with Crippen LogP contribution in [0.25, 0.3) is 0 Å². The molecule has 130 valence electrons. The summed E-state index contributed by atoms with van der Waals surface area (Å²) < 4.78 is 10.9. The third-order valence-electron chi connectivity index (χ3n) is 3.73. The number of rotatable bonds is 9. The van der Waals surface area contributed by atoms with E-state index in [1.807, 2.05) is 36.4 Å². The average Bonchev–Trinajstić information content (AvgIpc) is 2.63. The van der Waals surface area contributed by atoms with Gasteiger partial charge in [-0.15, -0.1) is 0 Å². The molecule has 1 atom stereocenters. The van der Waals surface area contributed by atoms with Crippen LogP contribution in [-0.4, -0.2) is 30.4 Å². The van der Waals surface area contributed by atoms with E-state index in [9.17, 15) is 4.79 Å². The van der Waals surface area contributed by atoms with Crippen molar-refractivity contribution in [3.8, 4) is 11.8 Å². The van der Waals surface area contributed by atoms with Crippen LogP contribution in [0.5, 0.6) is 5.75 Å². The quantitative estimate of drug-likeness (QED) is 0.759. The molecule has 1 unspecified atom stereocenters. The van der Waals surface area contributed by atoms with Crippen LogP contribution in [-0.2, 0) is 22.4 Å².